The van der Waals surface area contributed by atoms with E-state index in [0.29, 0.717) is 6.04 Å². The molecule has 6 heteroatoms. The summed E-state index contributed by atoms with van der Waals surface area (Å²) in [6.45, 7) is 4.28. The summed E-state index contributed by atoms with van der Waals surface area (Å²) in [5.41, 5.74) is 2.41. The zero-order chi connectivity index (χ0) is 13.3. The van der Waals surface area contributed by atoms with Gasteiger partial charge in [-0.05, 0) is 69.8 Å². The summed E-state index contributed by atoms with van der Waals surface area (Å²) in [7, 11) is 1.97. The van der Waals surface area contributed by atoms with E-state index in [4.69, 9.17) is 0 Å². The number of hydrogen-bond acceptors (Lipinski definition) is 3. The van der Waals surface area contributed by atoms with Gasteiger partial charge in [-0.2, -0.15) is 5.10 Å². The van der Waals surface area contributed by atoms with Crippen molar-refractivity contribution in [1.29, 1.82) is 0 Å². The second kappa shape index (κ2) is 5.86. The second-order valence-corrected chi connectivity index (χ2v) is 7.47. The first-order valence-corrected chi connectivity index (χ1v) is 8.15. The molecule has 0 spiro atoms. The van der Waals surface area contributed by atoms with Crippen LogP contribution in [-0.2, 0) is 0 Å². The van der Waals surface area contributed by atoms with E-state index in [1.54, 1.807) is 11.3 Å². The quantitative estimate of drug-likeness (QED) is 0.837. The largest absolute Gasteiger partial charge is 0.308 e. The van der Waals surface area contributed by atoms with Crippen LogP contribution in [0.25, 0.3) is 0 Å². The summed E-state index contributed by atoms with van der Waals surface area (Å²) in [5.74, 6) is 0. The average molecular weight is 393 g/mol. The summed E-state index contributed by atoms with van der Waals surface area (Å²) >= 11 is 8.81. The van der Waals surface area contributed by atoms with E-state index in [1.807, 2.05) is 13.2 Å². The minimum atomic E-state index is 0.145. The summed E-state index contributed by atoms with van der Waals surface area (Å²) < 4.78 is 4.24. The van der Waals surface area contributed by atoms with E-state index in [0.717, 1.165) is 14.0 Å². The molecular formula is C12H15Br2N3S. The lowest BCUT2D eigenvalue weighted by Crippen LogP contribution is -2.22. The van der Waals surface area contributed by atoms with Crippen molar-refractivity contribution in [3.63, 3.8) is 0 Å². The molecule has 1 atom stereocenters. The molecule has 0 saturated carbocycles. The average Bonchev–Trinajstić information content (AvgIpc) is 2.88. The van der Waals surface area contributed by atoms with E-state index in [2.05, 4.69) is 72.3 Å². The van der Waals surface area contributed by atoms with Crippen molar-refractivity contribution in [2.45, 2.75) is 25.9 Å². The van der Waals surface area contributed by atoms with Gasteiger partial charge in [0.25, 0.3) is 0 Å². The van der Waals surface area contributed by atoms with Crippen LogP contribution in [0.1, 0.15) is 37.2 Å². The first-order chi connectivity index (χ1) is 8.54. The molecule has 0 radical (unpaired) electrons. The highest BCUT2D eigenvalue weighted by Crippen LogP contribution is 2.33. The van der Waals surface area contributed by atoms with Crippen LogP contribution in [0.5, 0.6) is 0 Å². The van der Waals surface area contributed by atoms with Gasteiger partial charge in [-0.3, -0.25) is 4.68 Å². The number of hydrogen-bond donors (Lipinski definition) is 1. The monoisotopic (exact) mass is 391 g/mol. The van der Waals surface area contributed by atoms with Gasteiger partial charge in [0.1, 0.15) is 0 Å². The molecule has 0 aliphatic rings. The number of nitrogens with one attached hydrogen (secondary N) is 1. The molecule has 1 unspecified atom stereocenters. The minimum absolute atomic E-state index is 0.145. The number of aromatic nitrogens is 2. The van der Waals surface area contributed by atoms with Crippen LogP contribution in [0.4, 0.5) is 0 Å². The molecule has 2 rings (SSSR count). The molecule has 98 valence electrons. The molecule has 2 aromatic rings. The smallest absolute Gasteiger partial charge is 0.0766 e. The summed E-state index contributed by atoms with van der Waals surface area (Å²) in [4.78, 5) is 0. The predicted molar refractivity (Wildman–Crippen MR) is 83.2 cm³/mol. The topological polar surface area (TPSA) is 29.9 Å². The SMILES string of the molecule is CNC(c1csc(Br)c1)c1c(Br)cnn1C(C)C. The van der Waals surface area contributed by atoms with E-state index < -0.39 is 0 Å². The maximum absolute atomic E-state index is 4.44. The van der Waals surface area contributed by atoms with Gasteiger partial charge >= 0.3 is 0 Å². The molecule has 2 aromatic heterocycles. The van der Waals surface area contributed by atoms with Gasteiger partial charge in [0.15, 0.2) is 0 Å². The lowest BCUT2D eigenvalue weighted by molar-refractivity contribution is 0.483. The van der Waals surface area contributed by atoms with Crippen molar-refractivity contribution in [3.05, 3.63) is 37.2 Å². The zero-order valence-corrected chi connectivity index (χ0v) is 14.4. The first kappa shape index (κ1) is 14.2. The molecule has 0 aliphatic heterocycles. The summed E-state index contributed by atoms with van der Waals surface area (Å²) in [5, 5.41) is 9.97. The molecule has 0 amide bonds. The van der Waals surface area contributed by atoms with Crippen LogP contribution >= 0.6 is 43.2 Å². The van der Waals surface area contributed by atoms with Gasteiger partial charge in [0.2, 0.25) is 0 Å². The van der Waals surface area contributed by atoms with Crippen LogP contribution in [0.3, 0.4) is 0 Å². The fourth-order valence-electron chi connectivity index (χ4n) is 1.97. The number of nitrogens with zero attached hydrogens (tertiary/aromatic N) is 2. The van der Waals surface area contributed by atoms with Crippen molar-refractivity contribution < 1.29 is 0 Å². The maximum Gasteiger partial charge on any atom is 0.0766 e. The molecule has 1 N–H and O–H groups in total. The Hall–Kier alpha value is -0.170. The Balaban J connectivity index is 2.47. The lowest BCUT2D eigenvalue weighted by Gasteiger charge is -2.20. The minimum Gasteiger partial charge on any atom is -0.308 e. The lowest BCUT2D eigenvalue weighted by atomic mass is 10.1. The highest BCUT2D eigenvalue weighted by Gasteiger charge is 2.22. The number of halogens is 2. The maximum atomic E-state index is 4.44. The summed E-state index contributed by atoms with van der Waals surface area (Å²) in [6.07, 6.45) is 1.86. The third-order valence-corrected chi connectivity index (χ3v) is 4.89. The van der Waals surface area contributed by atoms with Crippen LogP contribution in [0.15, 0.2) is 25.9 Å². The van der Waals surface area contributed by atoms with E-state index in [-0.39, 0.29) is 6.04 Å². The van der Waals surface area contributed by atoms with E-state index in [1.165, 1.54) is 5.56 Å². The molecule has 0 saturated heterocycles. The molecule has 2 heterocycles. The van der Waals surface area contributed by atoms with Crippen LogP contribution in [0, 0.1) is 0 Å². The standard InChI is InChI=1S/C12H15Br2N3S/c1-7(2)17-12(9(13)5-16-17)11(15-3)8-4-10(14)18-6-8/h4-7,11,15H,1-3H3. The Morgan fingerprint density at radius 2 is 2.11 bits per heavy atom. The first-order valence-electron chi connectivity index (χ1n) is 5.68. The molecule has 0 fully saturated rings. The zero-order valence-electron chi connectivity index (χ0n) is 10.4. The molecule has 0 aliphatic carbocycles. The molecule has 3 nitrogen and oxygen atoms in total. The van der Waals surface area contributed by atoms with Crippen molar-refractivity contribution in [2.24, 2.45) is 0 Å². The third-order valence-electron chi connectivity index (χ3n) is 2.76. The molecular weight excluding hydrogens is 378 g/mol. The Morgan fingerprint density at radius 3 is 2.61 bits per heavy atom. The fraction of sp³-hybridized carbons (Fsp3) is 0.417. The molecule has 0 aromatic carbocycles. The normalized spacial score (nSPS) is 13.2. The van der Waals surface area contributed by atoms with Crippen LogP contribution in [-0.4, -0.2) is 16.8 Å². The van der Waals surface area contributed by atoms with Crippen molar-refractivity contribution >= 4 is 43.2 Å². The van der Waals surface area contributed by atoms with Gasteiger partial charge in [-0.25, -0.2) is 0 Å². The number of rotatable bonds is 4. The van der Waals surface area contributed by atoms with E-state index in [9.17, 15) is 0 Å². The van der Waals surface area contributed by atoms with Gasteiger partial charge < -0.3 is 5.32 Å². The van der Waals surface area contributed by atoms with Crippen molar-refractivity contribution in [1.82, 2.24) is 15.1 Å². The highest BCUT2D eigenvalue weighted by atomic mass is 79.9. The highest BCUT2D eigenvalue weighted by molar-refractivity contribution is 9.11. The second-order valence-electron chi connectivity index (χ2n) is 4.32. The van der Waals surface area contributed by atoms with Crippen molar-refractivity contribution in [2.75, 3.05) is 7.05 Å². The van der Waals surface area contributed by atoms with Gasteiger partial charge in [-0.1, -0.05) is 0 Å². The third kappa shape index (κ3) is 2.71. The van der Waals surface area contributed by atoms with E-state index >= 15 is 0 Å². The van der Waals surface area contributed by atoms with Crippen LogP contribution < -0.4 is 5.32 Å². The Bertz CT molecular complexity index is 533. The van der Waals surface area contributed by atoms with Gasteiger partial charge in [0.05, 0.1) is 26.2 Å². The fourth-order valence-corrected chi connectivity index (χ4v) is 3.67. The Labute approximate surface area is 128 Å². The Morgan fingerprint density at radius 1 is 1.39 bits per heavy atom. The predicted octanol–water partition coefficient (Wildman–Crippen LogP) is 4.36. The van der Waals surface area contributed by atoms with Gasteiger partial charge in [-0.15, -0.1) is 11.3 Å². The molecule has 0 bridgehead atoms. The van der Waals surface area contributed by atoms with Gasteiger partial charge in [0, 0.05) is 6.04 Å². The summed E-state index contributed by atoms with van der Waals surface area (Å²) in [6, 6.07) is 2.63. The Kier molecular flexibility index (Phi) is 4.64. The van der Waals surface area contributed by atoms with Crippen molar-refractivity contribution in [3.8, 4) is 0 Å². The number of thiophene rings is 1. The van der Waals surface area contributed by atoms with Crippen LogP contribution in [0.2, 0.25) is 0 Å². The molecule has 18 heavy (non-hydrogen) atoms.